The topological polar surface area (TPSA) is 3.24 Å². The van der Waals surface area contributed by atoms with E-state index >= 15 is 0 Å². The van der Waals surface area contributed by atoms with E-state index in [0.717, 1.165) is 11.4 Å². The van der Waals surface area contributed by atoms with E-state index in [2.05, 4.69) is 32.0 Å². The van der Waals surface area contributed by atoms with E-state index in [4.69, 9.17) is 11.6 Å². The van der Waals surface area contributed by atoms with E-state index in [-0.39, 0.29) is 11.7 Å². The van der Waals surface area contributed by atoms with E-state index < -0.39 is 0 Å². The molecule has 2 aromatic carbocycles. The van der Waals surface area contributed by atoms with Crippen molar-refractivity contribution in [3.05, 3.63) is 58.9 Å². The SMILES string of the molecule is Cc1cc(C)cc(N(C)c2cccc(F)c2CCl)c1. The monoisotopic (exact) mass is 277 g/mol. The van der Waals surface area contributed by atoms with Crippen LogP contribution in [-0.4, -0.2) is 7.05 Å². The molecule has 0 saturated carbocycles. The van der Waals surface area contributed by atoms with Crippen LogP contribution in [0.5, 0.6) is 0 Å². The third-order valence-corrected chi connectivity index (χ3v) is 3.45. The Hall–Kier alpha value is -1.54. The summed E-state index contributed by atoms with van der Waals surface area (Å²) in [6.45, 7) is 4.11. The van der Waals surface area contributed by atoms with Crippen LogP contribution in [0.4, 0.5) is 15.8 Å². The van der Waals surface area contributed by atoms with Crippen LogP contribution in [0, 0.1) is 19.7 Å². The molecule has 0 heterocycles. The molecule has 0 amide bonds. The lowest BCUT2D eigenvalue weighted by Gasteiger charge is -2.23. The van der Waals surface area contributed by atoms with Gasteiger partial charge in [0, 0.05) is 24.0 Å². The summed E-state index contributed by atoms with van der Waals surface area (Å²) >= 11 is 5.86. The summed E-state index contributed by atoms with van der Waals surface area (Å²) in [5.74, 6) is -0.0966. The molecule has 0 N–H and O–H groups in total. The van der Waals surface area contributed by atoms with Gasteiger partial charge in [-0.05, 0) is 49.2 Å². The highest BCUT2D eigenvalue weighted by molar-refractivity contribution is 6.17. The van der Waals surface area contributed by atoms with Crippen molar-refractivity contribution in [1.82, 2.24) is 0 Å². The molecule has 0 unspecified atom stereocenters. The molecule has 1 nitrogen and oxygen atoms in total. The van der Waals surface area contributed by atoms with Gasteiger partial charge >= 0.3 is 0 Å². The lowest BCUT2D eigenvalue weighted by Crippen LogP contribution is -2.12. The van der Waals surface area contributed by atoms with Crippen LogP contribution in [0.25, 0.3) is 0 Å². The first-order valence-corrected chi connectivity index (χ1v) is 6.71. The Balaban J connectivity index is 2.49. The highest BCUT2D eigenvalue weighted by Crippen LogP contribution is 2.30. The fourth-order valence-corrected chi connectivity index (χ4v) is 2.54. The number of hydrogen-bond acceptors (Lipinski definition) is 1. The number of nitrogens with zero attached hydrogens (tertiary/aromatic N) is 1. The number of anilines is 2. The molecule has 0 aliphatic rings. The number of halogens is 2. The largest absolute Gasteiger partial charge is 0.344 e. The third kappa shape index (κ3) is 2.90. The summed E-state index contributed by atoms with van der Waals surface area (Å²) in [4.78, 5) is 1.97. The van der Waals surface area contributed by atoms with Crippen molar-refractivity contribution < 1.29 is 4.39 Å². The molecule has 0 aliphatic carbocycles. The number of aryl methyl sites for hydroxylation is 2. The Morgan fingerprint density at radius 1 is 1.11 bits per heavy atom. The predicted octanol–water partition coefficient (Wildman–Crippen LogP) is 4.95. The number of benzene rings is 2. The second-order valence-corrected chi connectivity index (χ2v) is 5.04. The van der Waals surface area contributed by atoms with Gasteiger partial charge in [-0.25, -0.2) is 4.39 Å². The average molecular weight is 278 g/mol. The predicted molar refractivity (Wildman–Crippen MR) is 79.9 cm³/mol. The van der Waals surface area contributed by atoms with Gasteiger partial charge in [0.25, 0.3) is 0 Å². The molecule has 0 aliphatic heterocycles. The Labute approximate surface area is 118 Å². The van der Waals surface area contributed by atoms with Gasteiger partial charge in [0.2, 0.25) is 0 Å². The van der Waals surface area contributed by atoms with Gasteiger partial charge in [-0.1, -0.05) is 12.1 Å². The van der Waals surface area contributed by atoms with E-state index in [1.54, 1.807) is 6.07 Å². The van der Waals surface area contributed by atoms with Gasteiger partial charge in [-0.3, -0.25) is 0 Å². The quantitative estimate of drug-likeness (QED) is 0.718. The molecule has 0 spiro atoms. The maximum absolute atomic E-state index is 13.8. The van der Waals surface area contributed by atoms with E-state index in [0.29, 0.717) is 5.56 Å². The molecule has 3 heteroatoms. The Morgan fingerprint density at radius 2 is 1.74 bits per heavy atom. The molecule has 0 aromatic heterocycles. The van der Waals surface area contributed by atoms with Gasteiger partial charge in [0.1, 0.15) is 5.82 Å². The molecule has 0 bridgehead atoms. The van der Waals surface area contributed by atoms with Gasteiger partial charge in [0.05, 0.1) is 5.88 Å². The van der Waals surface area contributed by atoms with Crippen LogP contribution >= 0.6 is 11.6 Å². The van der Waals surface area contributed by atoms with Crippen molar-refractivity contribution in [1.29, 1.82) is 0 Å². The second kappa shape index (κ2) is 5.62. The van der Waals surface area contributed by atoms with Gasteiger partial charge in [0.15, 0.2) is 0 Å². The van der Waals surface area contributed by atoms with E-state index in [1.807, 2.05) is 18.0 Å². The van der Waals surface area contributed by atoms with Gasteiger partial charge in [-0.2, -0.15) is 0 Å². The van der Waals surface area contributed by atoms with Crippen molar-refractivity contribution in [2.75, 3.05) is 11.9 Å². The maximum Gasteiger partial charge on any atom is 0.129 e. The van der Waals surface area contributed by atoms with E-state index in [1.165, 1.54) is 17.2 Å². The first-order chi connectivity index (χ1) is 9.02. The molecule has 0 saturated heterocycles. The zero-order valence-corrected chi connectivity index (χ0v) is 12.1. The third-order valence-electron chi connectivity index (χ3n) is 3.18. The molecule has 0 radical (unpaired) electrons. The van der Waals surface area contributed by atoms with Crippen LogP contribution in [-0.2, 0) is 5.88 Å². The molecule has 100 valence electrons. The Bertz CT molecular complexity index is 575. The van der Waals surface area contributed by atoms with Crippen molar-refractivity contribution in [3.8, 4) is 0 Å². The summed E-state index contributed by atoms with van der Waals surface area (Å²) < 4.78 is 13.8. The maximum atomic E-state index is 13.8. The number of rotatable bonds is 3. The fourth-order valence-electron chi connectivity index (χ4n) is 2.28. The average Bonchev–Trinajstić information content (AvgIpc) is 2.36. The highest BCUT2D eigenvalue weighted by Gasteiger charge is 2.12. The van der Waals surface area contributed by atoms with Crippen LogP contribution in [0.3, 0.4) is 0 Å². The summed E-state index contributed by atoms with van der Waals surface area (Å²) in [5.41, 5.74) is 4.75. The first-order valence-electron chi connectivity index (χ1n) is 6.18. The summed E-state index contributed by atoms with van der Waals surface area (Å²) in [7, 11) is 1.93. The zero-order chi connectivity index (χ0) is 14.0. The Morgan fingerprint density at radius 3 is 2.32 bits per heavy atom. The second-order valence-electron chi connectivity index (χ2n) is 4.78. The van der Waals surface area contributed by atoms with Crippen LogP contribution in [0.2, 0.25) is 0 Å². The number of alkyl halides is 1. The van der Waals surface area contributed by atoms with Crippen molar-refractivity contribution >= 4 is 23.0 Å². The lowest BCUT2D eigenvalue weighted by molar-refractivity contribution is 0.617. The summed E-state index contributed by atoms with van der Waals surface area (Å²) in [6, 6.07) is 11.3. The van der Waals surface area contributed by atoms with Crippen molar-refractivity contribution in [2.45, 2.75) is 19.7 Å². The van der Waals surface area contributed by atoms with Crippen LogP contribution < -0.4 is 4.90 Å². The van der Waals surface area contributed by atoms with E-state index in [9.17, 15) is 4.39 Å². The highest BCUT2D eigenvalue weighted by atomic mass is 35.5. The fraction of sp³-hybridized carbons (Fsp3) is 0.250. The minimum Gasteiger partial charge on any atom is -0.344 e. The number of hydrogen-bond donors (Lipinski definition) is 0. The first kappa shape index (κ1) is 13.9. The summed E-state index contributed by atoms with van der Waals surface area (Å²) in [5, 5.41) is 0. The molecule has 19 heavy (non-hydrogen) atoms. The normalized spacial score (nSPS) is 10.6. The molecule has 2 aromatic rings. The van der Waals surface area contributed by atoms with Crippen molar-refractivity contribution in [3.63, 3.8) is 0 Å². The molecular weight excluding hydrogens is 261 g/mol. The van der Waals surface area contributed by atoms with Crippen molar-refractivity contribution in [2.24, 2.45) is 0 Å². The molecule has 0 atom stereocenters. The lowest BCUT2D eigenvalue weighted by atomic mass is 10.1. The smallest absolute Gasteiger partial charge is 0.129 e. The summed E-state index contributed by atoms with van der Waals surface area (Å²) in [6.07, 6.45) is 0. The molecule has 0 fully saturated rings. The minimum absolute atomic E-state index is 0.164. The van der Waals surface area contributed by atoms with Gasteiger partial charge in [-0.15, -0.1) is 11.6 Å². The minimum atomic E-state index is -0.260. The van der Waals surface area contributed by atoms with Crippen LogP contribution in [0.15, 0.2) is 36.4 Å². The molecular formula is C16H17ClFN. The molecule has 2 rings (SSSR count). The van der Waals surface area contributed by atoms with Crippen LogP contribution in [0.1, 0.15) is 16.7 Å². The van der Waals surface area contributed by atoms with Gasteiger partial charge < -0.3 is 4.90 Å². The standard InChI is InChI=1S/C16H17ClFN/c1-11-7-12(2)9-13(8-11)19(3)16-6-4-5-15(18)14(16)10-17/h4-9H,10H2,1-3H3. The Kier molecular flexibility index (Phi) is 4.11. The zero-order valence-electron chi connectivity index (χ0n) is 11.4.